The van der Waals surface area contributed by atoms with Gasteiger partial charge in [-0.25, -0.2) is 4.98 Å². The van der Waals surface area contributed by atoms with Crippen molar-refractivity contribution in [3.8, 4) is 5.75 Å². The highest BCUT2D eigenvalue weighted by atomic mass is 19.4. The van der Waals surface area contributed by atoms with Gasteiger partial charge in [-0.2, -0.15) is 18.2 Å². The zero-order chi connectivity index (χ0) is 25.1. The van der Waals surface area contributed by atoms with Crippen LogP contribution < -0.4 is 20.9 Å². The Morgan fingerprint density at radius 1 is 1.08 bits per heavy atom. The van der Waals surface area contributed by atoms with Crippen LogP contribution in [0.15, 0.2) is 71.7 Å². The van der Waals surface area contributed by atoms with E-state index >= 15 is 0 Å². The van der Waals surface area contributed by atoms with Crippen LogP contribution in [-0.2, 0) is 12.7 Å². The molecule has 1 aliphatic heterocycles. The van der Waals surface area contributed by atoms with Crippen molar-refractivity contribution in [1.29, 1.82) is 0 Å². The van der Waals surface area contributed by atoms with Crippen LogP contribution in [-0.4, -0.2) is 33.7 Å². The molecule has 1 fully saturated rings. The molecule has 7 nitrogen and oxygen atoms in total. The van der Waals surface area contributed by atoms with Crippen molar-refractivity contribution < 1.29 is 17.9 Å². The molecule has 36 heavy (non-hydrogen) atoms. The molecule has 2 aromatic heterocycles. The highest BCUT2D eigenvalue weighted by molar-refractivity contribution is 5.75. The van der Waals surface area contributed by atoms with Crippen LogP contribution in [0.4, 0.5) is 24.8 Å². The van der Waals surface area contributed by atoms with Gasteiger partial charge in [0.25, 0.3) is 5.56 Å². The molecule has 1 saturated heterocycles. The summed E-state index contributed by atoms with van der Waals surface area (Å²) in [6, 6.07) is 15.4. The van der Waals surface area contributed by atoms with Gasteiger partial charge in [-0.05, 0) is 61.3 Å². The first-order valence-corrected chi connectivity index (χ1v) is 11.6. The summed E-state index contributed by atoms with van der Waals surface area (Å²) in [6.45, 7) is 1.56. The Balaban J connectivity index is 1.40. The van der Waals surface area contributed by atoms with Crippen molar-refractivity contribution in [2.45, 2.75) is 31.7 Å². The maximum absolute atomic E-state index is 13.5. The second-order valence-corrected chi connectivity index (χ2v) is 8.62. The predicted molar refractivity (Wildman–Crippen MR) is 131 cm³/mol. The third-order valence-electron chi connectivity index (χ3n) is 6.04. The van der Waals surface area contributed by atoms with E-state index < -0.39 is 17.3 Å². The van der Waals surface area contributed by atoms with Crippen LogP contribution in [0.5, 0.6) is 5.75 Å². The van der Waals surface area contributed by atoms with Gasteiger partial charge in [0.1, 0.15) is 17.5 Å². The molecule has 0 bridgehead atoms. The summed E-state index contributed by atoms with van der Waals surface area (Å²) < 4.78 is 47.7. The Hall–Kier alpha value is -3.92. The molecule has 0 amide bonds. The molecule has 4 aromatic rings. The SMILES string of the molecule is O=c1ccc2cnc(Nc3ccc(OC4CCCNC4)cc3)nc2n1Cc1ccccc1C(F)(F)F. The lowest BCUT2D eigenvalue weighted by molar-refractivity contribution is -0.138. The van der Waals surface area contributed by atoms with Gasteiger partial charge in [-0.3, -0.25) is 9.36 Å². The molecule has 3 heterocycles. The number of hydrogen-bond acceptors (Lipinski definition) is 6. The lowest BCUT2D eigenvalue weighted by Gasteiger charge is -2.24. The van der Waals surface area contributed by atoms with Gasteiger partial charge in [0.2, 0.25) is 5.95 Å². The van der Waals surface area contributed by atoms with E-state index in [1.54, 1.807) is 6.07 Å². The minimum atomic E-state index is -4.53. The number of halogens is 3. The predicted octanol–water partition coefficient (Wildman–Crippen LogP) is 4.73. The van der Waals surface area contributed by atoms with Gasteiger partial charge in [-0.15, -0.1) is 0 Å². The summed E-state index contributed by atoms with van der Waals surface area (Å²) in [5.74, 6) is 0.974. The molecule has 10 heteroatoms. The molecule has 5 rings (SSSR count). The normalized spacial score (nSPS) is 16.1. The number of piperidine rings is 1. The monoisotopic (exact) mass is 495 g/mol. The molecule has 186 valence electrons. The number of rotatable bonds is 6. The first-order chi connectivity index (χ1) is 17.4. The average molecular weight is 496 g/mol. The smallest absolute Gasteiger partial charge is 0.416 e. The minimum Gasteiger partial charge on any atom is -0.489 e. The number of fused-ring (bicyclic) bond motifs is 1. The molecule has 1 unspecified atom stereocenters. The van der Waals surface area contributed by atoms with E-state index in [0.29, 0.717) is 11.1 Å². The maximum Gasteiger partial charge on any atom is 0.416 e. The van der Waals surface area contributed by atoms with E-state index in [-0.39, 0.29) is 29.8 Å². The van der Waals surface area contributed by atoms with Crippen molar-refractivity contribution in [2.24, 2.45) is 0 Å². The average Bonchev–Trinajstić information content (AvgIpc) is 2.87. The first kappa shape index (κ1) is 23.8. The molecular weight excluding hydrogens is 471 g/mol. The van der Waals surface area contributed by atoms with E-state index in [9.17, 15) is 18.0 Å². The summed E-state index contributed by atoms with van der Waals surface area (Å²) in [4.78, 5) is 21.4. The third kappa shape index (κ3) is 5.33. The number of hydrogen-bond donors (Lipinski definition) is 2. The lowest BCUT2D eigenvalue weighted by atomic mass is 10.1. The molecule has 1 atom stereocenters. The highest BCUT2D eigenvalue weighted by Crippen LogP contribution is 2.32. The number of aromatic nitrogens is 3. The molecule has 1 aliphatic rings. The summed E-state index contributed by atoms with van der Waals surface area (Å²) in [5, 5.41) is 6.94. The van der Waals surface area contributed by atoms with Crippen LogP contribution in [0.25, 0.3) is 11.0 Å². The van der Waals surface area contributed by atoms with Crippen molar-refractivity contribution in [3.63, 3.8) is 0 Å². The first-order valence-electron chi connectivity index (χ1n) is 11.6. The van der Waals surface area contributed by atoms with Gasteiger partial charge < -0.3 is 15.4 Å². The molecule has 0 radical (unpaired) electrons. The molecule has 0 saturated carbocycles. The number of pyridine rings is 1. The summed E-state index contributed by atoms with van der Waals surface area (Å²) in [7, 11) is 0. The van der Waals surface area contributed by atoms with Gasteiger partial charge in [0.15, 0.2) is 0 Å². The highest BCUT2D eigenvalue weighted by Gasteiger charge is 2.33. The number of nitrogens with zero attached hydrogens (tertiary/aromatic N) is 3. The number of alkyl halides is 3. The number of ether oxygens (including phenoxy) is 1. The van der Waals surface area contributed by atoms with E-state index in [2.05, 4.69) is 20.6 Å². The Morgan fingerprint density at radius 3 is 2.64 bits per heavy atom. The van der Waals surface area contributed by atoms with Crippen LogP contribution in [0, 0.1) is 0 Å². The van der Waals surface area contributed by atoms with Crippen LogP contribution in [0.3, 0.4) is 0 Å². The zero-order valence-electron chi connectivity index (χ0n) is 19.3. The standard InChI is InChI=1S/C26H24F3N5O2/c27-26(28,29)22-6-2-1-4-18(22)16-34-23(35)12-7-17-14-31-25(33-24(17)34)32-19-8-10-20(11-9-19)36-21-5-3-13-30-15-21/h1-2,4,6-12,14,21,30H,3,5,13,15-16H2,(H,31,32,33). The van der Waals surface area contributed by atoms with Crippen molar-refractivity contribution in [2.75, 3.05) is 18.4 Å². The maximum atomic E-state index is 13.5. The Morgan fingerprint density at radius 2 is 1.89 bits per heavy atom. The molecule has 0 aliphatic carbocycles. The molecule has 2 aromatic carbocycles. The fourth-order valence-electron chi connectivity index (χ4n) is 4.25. The topological polar surface area (TPSA) is 81.1 Å². The third-order valence-corrected chi connectivity index (χ3v) is 6.04. The van der Waals surface area contributed by atoms with Crippen LogP contribution >= 0.6 is 0 Å². The molecule has 0 spiro atoms. The largest absolute Gasteiger partial charge is 0.489 e. The Bertz CT molecular complexity index is 1410. The van der Waals surface area contributed by atoms with Crippen LogP contribution in [0.1, 0.15) is 24.0 Å². The summed E-state index contributed by atoms with van der Waals surface area (Å²) >= 11 is 0. The van der Waals surface area contributed by atoms with Gasteiger partial charge >= 0.3 is 6.18 Å². The fourth-order valence-corrected chi connectivity index (χ4v) is 4.25. The van der Waals surface area contributed by atoms with E-state index in [1.165, 1.54) is 35.0 Å². The zero-order valence-corrected chi connectivity index (χ0v) is 19.3. The minimum absolute atomic E-state index is 0.0172. The van der Waals surface area contributed by atoms with E-state index in [1.807, 2.05) is 24.3 Å². The van der Waals surface area contributed by atoms with E-state index in [0.717, 1.165) is 37.7 Å². The molecular formula is C26H24F3N5O2. The fraction of sp³-hybridized carbons (Fsp3) is 0.269. The van der Waals surface area contributed by atoms with Crippen molar-refractivity contribution >= 4 is 22.7 Å². The number of benzene rings is 2. The Labute approximate surface area is 205 Å². The second-order valence-electron chi connectivity index (χ2n) is 8.62. The van der Waals surface area contributed by atoms with Crippen molar-refractivity contribution in [3.05, 3.63) is 88.3 Å². The number of nitrogens with one attached hydrogen (secondary N) is 2. The van der Waals surface area contributed by atoms with Gasteiger partial charge in [0.05, 0.1) is 12.1 Å². The van der Waals surface area contributed by atoms with Crippen molar-refractivity contribution in [1.82, 2.24) is 19.9 Å². The quantitative estimate of drug-likeness (QED) is 0.403. The Kier molecular flexibility index (Phi) is 6.60. The lowest BCUT2D eigenvalue weighted by Crippen LogP contribution is -2.37. The van der Waals surface area contributed by atoms with Gasteiger partial charge in [0, 0.05) is 29.9 Å². The number of anilines is 2. The van der Waals surface area contributed by atoms with Crippen LogP contribution in [0.2, 0.25) is 0 Å². The summed E-state index contributed by atoms with van der Waals surface area (Å²) in [6.07, 6.45) is -0.774. The molecule has 2 N–H and O–H groups in total. The van der Waals surface area contributed by atoms with E-state index in [4.69, 9.17) is 4.74 Å². The van der Waals surface area contributed by atoms with Gasteiger partial charge in [-0.1, -0.05) is 18.2 Å². The summed E-state index contributed by atoms with van der Waals surface area (Å²) in [5.41, 5.74) is -0.315. The second kappa shape index (κ2) is 9.98.